The summed E-state index contributed by atoms with van der Waals surface area (Å²) in [5.74, 6) is -0.135. The van der Waals surface area contributed by atoms with Crippen molar-refractivity contribution in [3.63, 3.8) is 0 Å². The van der Waals surface area contributed by atoms with E-state index in [-0.39, 0.29) is 18.1 Å². The summed E-state index contributed by atoms with van der Waals surface area (Å²) in [5.41, 5.74) is 0. The summed E-state index contributed by atoms with van der Waals surface area (Å²) < 4.78 is 4.59. The highest BCUT2D eigenvalue weighted by Crippen LogP contribution is 2.02. The maximum Gasteiger partial charge on any atom is 0.305 e. The first-order valence-corrected chi connectivity index (χ1v) is 9.06. The number of ether oxygens (including phenoxy) is 1. The van der Waals surface area contributed by atoms with Crippen LogP contribution in [0.25, 0.3) is 0 Å². The Morgan fingerprint density at radius 1 is 0.720 bits per heavy atom. The number of carbonyl (C=O) groups is 1. The molecule has 0 aliphatic heterocycles. The van der Waals surface area contributed by atoms with Crippen molar-refractivity contribution in [3.8, 4) is 0 Å². The lowest BCUT2D eigenvalue weighted by Crippen LogP contribution is -1.98. The molecule has 0 spiro atoms. The lowest BCUT2D eigenvalue weighted by molar-refractivity contribution is -0.140. The van der Waals surface area contributed by atoms with E-state index in [1.807, 2.05) is 0 Å². The van der Waals surface area contributed by atoms with Crippen LogP contribution >= 0.6 is 0 Å². The first-order chi connectivity index (χ1) is 11.8. The Morgan fingerprint density at radius 2 is 1.20 bits per heavy atom. The lowest BCUT2D eigenvalue weighted by atomic mass is 10.2. The highest BCUT2D eigenvalue weighted by molar-refractivity contribution is 5.69. The molecular weight excluding hydrogens is 316 g/mol. The molecule has 0 saturated heterocycles. The number of rotatable bonds is 15. The molecule has 0 aliphatic carbocycles. The Balaban J connectivity index is 0. The van der Waals surface area contributed by atoms with Crippen molar-refractivity contribution < 1.29 is 20.1 Å². The molecule has 4 nitrogen and oxygen atoms in total. The lowest BCUT2D eigenvalue weighted by Gasteiger charge is -1.95. The van der Waals surface area contributed by atoms with Crippen LogP contribution in [0.3, 0.4) is 0 Å². The number of esters is 1. The second kappa shape index (κ2) is 22.4. The Labute approximate surface area is 153 Å². The predicted octanol–water partition coefficient (Wildman–Crippen LogP) is 5.60. The summed E-state index contributed by atoms with van der Waals surface area (Å²) in [4.78, 5) is 10.9. The Hall–Kier alpha value is -1.65. The van der Waals surface area contributed by atoms with Gasteiger partial charge < -0.3 is 4.74 Å². The zero-order valence-electron chi connectivity index (χ0n) is 15.5. The minimum absolute atomic E-state index is 0. The van der Waals surface area contributed by atoms with Crippen LogP contribution in [0.5, 0.6) is 0 Å². The van der Waals surface area contributed by atoms with Gasteiger partial charge in [0.25, 0.3) is 0 Å². The van der Waals surface area contributed by atoms with Crippen LogP contribution in [0.4, 0.5) is 0 Å². The SMILES string of the molecule is COC(=O)CCC/C=C\C/C=C\C/C=C\C/C=C\CCCCC[O].[O]. The molecule has 0 heterocycles. The van der Waals surface area contributed by atoms with Crippen molar-refractivity contribution >= 4 is 5.97 Å². The molecule has 0 atom stereocenters. The van der Waals surface area contributed by atoms with Crippen molar-refractivity contribution in [2.75, 3.05) is 13.7 Å². The maximum atomic E-state index is 10.9. The number of carbonyl (C=O) groups excluding carboxylic acids is 1. The van der Waals surface area contributed by atoms with Gasteiger partial charge in [0.05, 0.1) is 13.7 Å². The molecular formula is C21H33O4. The van der Waals surface area contributed by atoms with Crippen molar-refractivity contribution in [2.45, 2.75) is 64.2 Å². The van der Waals surface area contributed by atoms with Gasteiger partial charge in [-0.3, -0.25) is 4.79 Å². The molecule has 25 heavy (non-hydrogen) atoms. The third-order valence-electron chi connectivity index (χ3n) is 3.48. The zero-order valence-corrected chi connectivity index (χ0v) is 15.5. The largest absolute Gasteiger partial charge is 0.469 e. The van der Waals surface area contributed by atoms with E-state index in [0.29, 0.717) is 6.42 Å². The van der Waals surface area contributed by atoms with Crippen LogP contribution < -0.4 is 0 Å². The fraction of sp³-hybridized carbons (Fsp3) is 0.571. The third kappa shape index (κ3) is 22.4. The Morgan fingerprint density at radius 3 is 1.68 bits per heavy atom. The molecule has 0 saturated carbocycles. The van der Waals surface area contributed by atoms with Gasteiger partial charge in [-0.25, -0.2) is 5.11 Å². The normalized spacial score (nSPS) is 11.8. The maximum absolute atomic E-state index is 10.9. The molecule has 3 radical (unpaired) electrons. The van der Waals surface area contributed by atoms with Crippen LogP contribution in [0, 0.1) is 0 Å². The summed E-state index contributed by atoms with van der Waals surface area (Å²) in [7, 11) is 1.42. The van der Waals surface area contributed by atoms with Gasteiger partial charge in [-0.2, -0.15) is 0 Å². The smallest absolute Gasteiger partial charge is 0.305 e. The van der Waals surface area contributed by atoms with Gasteiger partial charge in [0.1, 0.15) is 0 Å². The quantitative estimate of drug-likeness (QED) is 0.219. The molecule has 0 fully saturated rings. The van der Waals surface area contributed by atoms with Gasteiger partial charge in [-0.15, -0.1) is 0 Å². The molecule has 0 rings (SSSR count). The van der Waals surface area contributed by atoms with E-state index >= 15 is 0 Å². The minimum atomic E-state index is -0.135. The molecule has 0 aliphatic rings. The van der Waals surface area contributed by atoms with Crippen molar-refractivity contribution in [2.24, 2.45) is 0 Å². The molecule has 0 aromatic heterocycles. The fourth-order valence-electron chi connectivity index (χ4n) is 2.06. The predicted molar refractivity (Wildman–Crippen MR) is 101 cm³/mol. The zero-order chi connectivity index (χ0) is 17.7. The summed E-state index contributed by atoms with van der Waals surface area (Å²) in [6.07, 6.45) is 26.6. The molecule has 0 bridgehead atoms. The average Bonchev–Trinajstić information content (AvgIpc) is 2.60. The van der Waals surface area contributed by atoms with Crippen molar-refractivity contribution in [1.29, 1.82) is 0 Å². The Kier molecular flexibility index (Phi) is 22.9. The van der Waals surface area contributed by atoms with E-state index in [4.69, 9.17) is 0 Å². The van der Waals surface area contributed by atoms with Crippen LogP contribution in [0.2, 0.25) is 0 Å². The average molecular weight is 349 g/mol. The van der Waals surface area contributed by atoms with Crippen LogP contribution in [-0.2, 0) is 20.1 Å². The number of unbranched alkanes of at least 4 members (excludes halogenated alkanes) is 4. The molecule has 0 aromatic carbocycles. The summed E-state index contributed by atoms with van der Waals surface area (Å²) in [5, 5.41) is 10.3. The van der Waals surface area contributed by atoms with E-state index in [0.717, 1.165) is 57.8 Å². The number of hydrogen-bond acceptors (Lipinski definition) is 2. The van der Waals surface area contributed by atoms with Gasteiger partial charge in [-0.05, 0) is 51.4 Å². The van der Waals surface area contributed by atoms with Crippen LogP contribution in [-0.4, -0.2) is 19.7 Å². The Bertz CT molecular complexity index is 395. The fourth-order valence-corrected chi connectivity index (χ4v) is 2.06. The number of hydrogen-bond donors (Lipinski definition) is 0. The molecule has 141 valence electrons. The topological polar surface area (TPSA) is 74.7 Å². The summed E-state index contributed by atoms with van der Waals surface area (Å²) >= 11 is 0. The monoisotopic (exact) mass is 349 g/mol. The first kappa shape index (κ1) is 25.6. The van der Waals surface area contributed by atoms with Crippen molar-refractivity contribution in [1.82, 2.24) is 0 Å². The molecule has 0 N–H and O–H groups in total. The first-order valence-electron chi connectivity index (χ1n) is 9.06. The third-order valence-corrected chi connectivity index (χ3v) is 3.48. The molecule has 4 heteroatoms. The molecule has 0 unspecified atom stereocenters. The van der Waals surface area contributed by atoms with Gasteiger partial charge in [-0.1, -0.05) is 55.0 Å². The summed E-state index contributed by atoms with van der Waals surface area (Å²) in [6, 6.07) is 0. The van der Waals surface area contributed by atoms with Gasteiger partial charge in [0, 0.05) is 11.9 Å². The highest BCUT2D eigenvalue weighted by atomic mass is 16.5. The number of methoxy groups -OCH3 is 1. The number of allylic oxidation sites excluding steroid dienone is 8. The standard InChI is InChI=1S/C21H33O3.O/c1-24-21(23)19-17-15-13-11-9-7-5-3-2-4-6-8-10-12-14-16-18-20-22;/h2,4-5,7-8,10-11,13H,3,6,9,12,14-20H2,1H3;/b4-2-,7-5-,10-8-,13-11-;. The highest BCUT2D eigenvalue weighted by Gasteiger charge is 1.96. The van der Waals surface area contributed by atoms with E-state index in [1.165, 1.54) is 7.11 Å². The second-order valence-corrected chi connectivity index (χ2v) is 5.61. The van der Waals surface area contributed by atoms with Gasteiger partial charge in [0.15, 0.2) is 0 Å². The molecule has 0 amide bonds. The molecule has 0 aromatic rings. The van der Waals surface area contributed by atoms with E-state index in [2.05, 4.69) is 53.3 Å². The summed E-state index contributed by atoms with van der Waals surface area (Å²) in [6.45, 7) is 0.0607. The van der Waals surface area contributed by atoms with E-state index in [1.54, 1.807) is 0 Å². The minimum Gasteiger partial charge on any atom is -0.469 e. The van der Waals surface area contributed by atoms with Gasteiger partial charge in [0.2, 0.25) is 0 Å². The van der Waals surface area contributed by atoms with E-state index < -0.39 is 0 Å². The van der Waals surface area contributed by atoms with E-state index in [9.17, 15) is 9.90 Å². The van der Waals surface area contributed by atoms with Crippen molar-refractivity contribution in [3.05, 3.63) is 48.6 Å². The van der Waals surface area contributed by atoms with Gasteiger partial charge >= 0.3 is 5.97 Å². The van der Waals surface area contributed by atoms with Crippen LogP contribution in [0.15, 0.2) is 48.6 Å². The van der Waals surface area contributed by atoms with Crippen LogP contribution in [0.1, 0.15) is 64.2 Å². The second-order valence-electron chi connectivity index (χ2n) is 5.61.